The zero-order valence-corrected chi connectivity index (χ0v) is 34.8. The van der Waals surface area contributed by atoms with E-state index in [1.54, 1.807) is 19.1 Å². The summed E-state index contributed by atoms with van der Waals surface area (Å²) in [6.07, 6.45) is 1.52. The third-order valence-corrected chi connectivity index (χ3v) is 13.0. The number of anilines is 1. The topological polar surface area (TPSA) is 133 Å². The predicted molar refractivity (Wildman–Crippen MR) is 222 cm³/mol. The van der Waals surface area contributed by atoms with E-state index in [1.807, 2.05) is 87.7 Å². The highest BCUT2D eigenvalue weighted by Crippen LogP contribution is 2.61. The monoisotopic (exact) mass is 768 g/mol. The zero-order chi connectivity index (χ0) is 40.5. The molecule has 3 saturated carbocycles. The third-order valence-electron chi connectivity index (χ3n) is 13.0. The third kappa shape index (κ3) is 8.62. The fourth-order valence-corrected chi connectivity index (χ4v) is 9.80. The number of hydrogen-bond acceptors (Lipinski definition) is 9. The Bertz CT molecular complexity index is 1830. The van der Waals surface area contributed by atoms with Gasteiger partial charge in [0.2, 0.25) is 5.91 Å². The van der Waals surface area contributed by atoms with Gasteiger partial charge < -0.3 is 36.0 Å². The van der Waals surface area contributed by atoms with Crippen LogP contribution >= 0.6 is 0 Å². The Morgan fingerprint density at radius 3 is 2.39 bits per heavy atom. The number of fused-ring (bicyclic) bond motifs is 2. The van der Waals surface area contributed by atoms with Crippen molar-refractivity contribution >= 4 is 17.5 Å². The second kappa shape index (κ2) is 17.2. The van der Waals surface area contributed by atoms with Crippen LogP contribution in [0.2, 0.25) is 0 Å². The fourth-order valence-electron chi connectivity index (χ4n) is 9.80. The minimum absolute atomic E-state index is 0.0671. The molecule has 1 saturated heterocycles. The van der Waals surface area contributed by atoms with Crippen molar-refractivity contribution in [3.05, 3.63) is 83.4 Å². The lowest BCUT2D eigenvalue weighted by molar-refractivity contribution is -0.175. The standard InChI is InChI=1S/C45H64N6O5/c1-27-37-22-33(45(37,3)4)23-38(27)48-44(54)41-40(28(2)52)39(24-46)56-51(41)25-30-16-13-17-36(42(30)55-9)31-19-32(21-35(20-31)50(7)8)43(53)47-34(26-49(5)6)18-29-14-11-10-12-15-29/h10-17,19-21,27-28,33-34,37-41,52H,18,22-26,46H2,1-9H3,(H,47,53)(H,48,54)/t27-,28-,33-,34-,37+,38-,39-,40+,41-/m0/s1. The molecule has 1 heterocycles. The molecular weight excluding hydrogens is 705 g/mol. The number of aliphatic hydroxyl groups excluding tert-OH is 1. The lowest BCUT2D eigenvalue weighted by Gasteiger charge is -2.62. The molecule has 4 fully saturated rings. The first kappa shape index (κ1) is 41.6. The number of carbonyl (C=O) groups excluding carboxylic acids is 2. The number of ether oxygens (including phenoxy) is 1. The van der Waals surface area contributed by atoms with Crippen molar-refractivity contribution in [2.45, 2.75) is 83.8 Å². The van der Waals surface area contributed by atoms with Crippen molar-refractivity contribution in [3.8, 4) is 16.9 Å². The number of nitrogens with zero attached hydrogens (tertiary/aromatic N) is 3. The van der Waals surface area contributed by atoms with Crippen LogP contribution in [0.4, 0.5) is 5.69 Å². The van der Waals surface area contributed by atoms with Gasteiger partial charge in [0, 0.05) is 67.6 Å². The minimum atomic E-state index is -0.822. The Morgan fingerprint density at radius 1 is 1.05 bits per heavy atom. The van der Waals surface area contributed by atoms with E-state index in [9.17, 15) is 14.7 Å². The Morgan fingerprint density at radius 2 is 1.79 bits per heavy atom. The number of rotatable bonds is 15. The molecule has 5 N–H and O–H groups in total. The molecule has 3 aromatic rings. The van der Waals surface area contributed by atoms with Crippen molar-refractivity contribution in [2.24, 2.45) is 34.8 Å². The number of hydrogen-bond donors (Lipinski definition) is 4. The molecule has 2 bridgehead atoms. The van der Waals surface area contributed by atoms with Gasteiger partial charge in [-0.25, -0.2) is 0 Å². The number of likely N-dealkylation sites (N-methyl/N-ethyl adjacent to an activating group) is 1. The quantitative estimate of drug-likeness (QED) is 0.170. The molecule has 7 rings (SSSR count). The number of aliphatic hydroxyl groups is 1. The largest absolute Gasteiger partial charge is 0.496 e. The smallest absolute Gasteiger partial charge is 0.251 e. The van der Waals surface area contributed by atoms with E-state index in [0.29, 0.717) is 47.4 Å². The van der Waals surface area contributed by atoms with Gasteiger partial charge in [0.1, 0.15) is 11.8 Å². The highest BCUT2D eigenvalue weighted by atomic mass is 16.7. The average Bonchev–Trinajstić information content (AvgIpc) is 3.53. The van der Waals surface area contributed by atoms with Crippen molar-refractivity contribution < 1.29 is 24.3 Å². The lowest BCUT2D eigenvalue weighted by Crippen LogP contribution is -2.62. The second-order valence-corrected chi connectivity index (χ2v) is 17.6. The Labute approximate surface area is 333 Å². The van der Waals surface area contributed by atoms with Gasteiger partial charge in [-0.2, -0.15) is 5.06 Å². The summed E-state index contributed by atoms with van der Waals surface area (Å²) in [6, 6.07) is 21.2. The molecule has 0 radical (unpaired) electrons. The van der Waals surface area contributed by atoms with Crippen molar-refractivity contribution in [3.63, 3.8) is 0 Å². The first-order valence-electron chi connectivity index (χ1n) is 20.2. The van der Waals surface area contributed by atoms with Crippen LogP contribution in [-0.2, 0) is 22.6 Å². The molecule has 56 heavy (non-hydrogen) atoms. The summed E-state index contributed by atoms with van der Waals surface area (Å²) in [6.45, 7) is 9.74. The van der Waals surface area contributed by atoms with Gasteiger partial charge in [0.05, 0.1) is 25.9 Å². The predicted octanol–water partition coefficient (Wildman–Crippen LogP) is 4.96. The first-order valence-corrected chi connectivity index (χ1v) is 20.2. The number of methoxy groups -OCH3 is 1. The van der Waals surface area contributed by atoms with Crippen LogP contribution in [0.5, 0.6) is 5.75 Å². The maximum Gasteiger partial charge on any atom is 0.251 e. The van der Waals surface area contributed by atoms with E-state index in [-0.39, 0.29) is 37.0 Å². The maximum absolute atomic E-state index is 14.3. The van der Waals surface area contributed by atoms with Gasteiger partial charge in [0.15, 0.2) is 0 Å². The maximum atomic E-state index is 14.3. The summed E-state index contributed by atoms with van der Waals surface area (Å²) >= 11 is 0. The Hall–Kier alpha value is -4.00. The second-order valence-electron chi connectivity index (χ2n) is 17.6. The van der Waals surface area contributed by atoms with Crippen LogP contribution in [0, 0.1) is 29.1 Å². The number of para-hydroxylation sites is 1. The number of amides is 2. The number of hydroxylamine groups is 2. The Kier molecular flexibility index (Phi) is 12.8. The van der Waals surface area contributed by atoms with Gasteiger partial charge in [-0.3, -0.25) is 14.4 Å². The SMILES string of the molecule is COc1c(CN2O[C@@H](CN)[C@@H]([C@H](C)O)[C@H]2C(=O)N[C@H]2C[C@@H]3C[C@H]([C@@H]2C)C3(C)C)cccc1-c1cc(C(=O)N[C@@H](Cc2ccccc2)CN(C)C)cc(N(C)C)c1. The fraction of sp³-hybridized carbons (Fsp3) is 0.556. The molecule has 3 aromatic carbocycles. The van der Waals surface area contributed by atoms with Gasteiger partial charge in [-0.15, -0.1) is 0 Å². The molecule has 11 heteroatoms. The van der Waals surface area contributed by atoms with Crippen molar-refractivity contribution in [2.75, 3.05) is 53.3 Å². The van der Waals surface area contributed by atoms with Gasteiger partial charge >= 0.3 is 0 Å². The van der Waals surface area contributed by atoms with Gasteiger partial charge in [0.25, 0.3) is 5.91 Å². The van der Waals surface area contributed by atoms with E-state index in [1.165, 1.54) is 6.42 Å². The normalized spacial score (nSPS) is 26.6. The lowest BCUT2D eigenvalue weighted by atomic mass is 9.45. The molecule has 11 nitrogen and oxygen atoms in total. The minimum Gasteiger partial charge on any atom is -0.496 e. The summed E-state index contributed by atoms with van der Waals surface area (Å²) in [5.41, 5.74) is 11.5. The van der Waals surface area contributed by atoms with Crippen LogP contribution < -0.4 is 26.0 Å². The summed E-state index contributed by atoms with van der Waals surface area (Å²) in [5.74, 6) is 1.31. The van der Waals surface area contributed by atoms with Crippen LogP contribution in [0.3, 0.4) is 0 Å². The number of carbonyl (C=O) groups is 2. The molecule has 0 unspecified atom stereocenters. The molecular formula is C45H64N6O5. The van der Waals surface area contributed by atoms with E-state index < -0.39 is 24.2 Å². The average molecular weight is 769 g/mol. The molecule has 1 aliphatic heterocycles. The van der Waals surface area contributed by atoms with Crippen LogP contribution in [-0.4, -0.2) is 106 Å². The molecule has 304 valence electrons. The number of benzene rings is 3. The van der Waals surface area contributed by atoms with E-state index in [4.69, 9.17) is 15.3 Å². The Balaban J connectivity index is 1.28. The summed E-state index contributed by atoms with van der Waals surface area (Å²) < 4.78 is 6.13. The number of nitrogens with two attached hydrogens (primary N) is 1. The number of nitrogens with one attached hydrogen (secondary N) is 2. The molecule has 0 spiro atoms. The molecule has 9 atom stereocenters. The molecule has 2 amide bonds. The van der Waals surface area contributed by atoms with Crippen molar-refractivity contribution in [1.29, 1.82) is 0 Å². The zero-order valence-electron chi connectivity index (χ0n) is 34.8. The van der Waals surface area contributed by atoms with E-state index in [0.717, 1.165) is 34.4 Å². The highest BCUT2D eigenvalue weighted by molar-refractivity contribution is 5.97. The van der Waals surface area contributed by atoms with Crippen molar-refractivity contribution in [1.82, 2.24) is 20.6 Å². The van der Waals surface area contributed by atoms with E-state index >= 15 is 0 Å². The molecule has 3 aliphatic carbocycles. The van der Waals surface area contributed by atoms with Crippen LogP contribution in [0.25, 0.3) is 11.1 Å². The van der Waals surface area contributed by atoms with Crippen LogP contribution in [0.15, 0.2) is 66.7 Å². The van der Waals surface area contributed by atoms with Gasteiger partial charge in [-0.05, 0) is 92.8 Å². The summed E-state index contributed by atoms with van der Waals surface area (Å²) in [5, 5.41) is 19.4. The molecule has 0 aromatic heterocycles. The van der Waals surface area contributed by atoms with Gasteiger partial charge in [-0.1, -0.05) is 69.3 Å². The van der Waals surface area contributed by atoms with Crippen LogP contribution in [0.1, 0.15) is 62.0 Å². The highest BCUT2D eigenvalue weighted by Gasteiger charge is 2.57. The first-order chi connectivity index (χ1) is 26.6. The summed E-state index contributed by atoms with van der Waals surface area (Å²) in [7, 11) is 9.57. The summed E-state index contributed by atoms with van der Waals surface area (Å²) in [4.78, 5) is 38.9. The van der Waals surface area contributed by atoms with E-state index in [2.05, 4.69) is 48.4 Å². The molecule has 4 aliphatic rings.